The van der Waals surface area contributed by atoms with Crippen molar-refractivity contribution >= 4 is 12.0 Å². The molecule has 1 aliphatic rings. The van der Waals surface area contributed by atoms with Gasteiger partial charge in [-0.15, -0.1) is 0 Å². The van der Waals surface area contributed by atoms with Crippen molar-refractivity contribution in [2.45, 2.75) is 20.4 Å². The van der Waals surface area contributed by atoms with Crippen LogP contribution in [-0.2, 0) is 6.54 Å². The Balaban J connectivity index is 2.24. The molecule has 0 unspecified atom stereocenters. The topological polar surface area (TPSA) is 30.2 Å². The monoisotopic (exact) mass is 163 g/mol. The Morgan fingerprint density at radius 1 is 1.58 bits per heavy atom. The number of rotatable bonds is 1. The van der Waals surface area contributed by atoms with Crippen LogP contribution in [0.3, 0.4) is 0 Å². The van der Waals surface area contributed by atoms with Crippen molar-refractivity contribution in [3.05, 3.63) is 12.3 Å². The molecular weight excluding hydrogens is 150 g/mol. The van der Waals surface area contributed by atoms with Gasteiger partial charge in [0.1, 0.15) is 5.82 Å². The average Bonchev–Trinajstić information content (AvgIpc) is 2.49. The minimum atomic E-state index is 0.539. The summed E-state index contributed by atoms with van der Waals surface area (Å²) < 4.78 is 1.96. The van der Waals surface area contributed by atoms with Crippen molar-refractivity contribution in [1.29, 1.82) is 0 Å². The Bertz CT molecular complexity index is 298. The Morgan fingerprint density at radius 2 is 2.42 bits per heavy atom. The Kier molecular flexibility index (Phi) is 1.71. The number of nitrogens with zero attached hydrogens (tertiary/aromatic N) is 3. The van der Waals surface area contributed by atoms with Gasteiger partial charge in [-0.2, -0.15) is 5.10 Å². The lowest BCUT2D eigenvalue weighted by atomic mass is 9.96. The summed E-state index contributed by atoms with van der Waals surface area (Å²) >= 11 is 0. The van der Waals surface area contributed by atoms with Gasteiger partial charge in [0.2, 0.25) is 0 Å². The number of fused-ring (bicyclic) bond motifs is 1. The first-order valence-corrected chi connectivity index (χ1v) is 4.33. The standard InChI is InChI=1S/C9H13N3/c1-7(2)8-5-10-9-3-4-11-12(9)6-8/h3-5,7-8H,6H2,1-2H3/t8-/m0/s1. The van der Waals surface area contributed by atoms with Gasteiger partial charge in [-0.3, -0.25) is 0 Å². The third kappa shape index (κ3) is 1.15. The van der Waals surface area contributed by atoms with E-state index in [0.717, 1.165) is 12.4 Å². The van der Waals surface area contributed by atoms with Gasteiger partial charge in [0.05, 0.1) is 12.7 Å². The van der Waals surface area contributed by atoms with Crippen LogP contribution in [0, 0.1) is 11.8 Å². The van der Waals surface area contributed by atoms with E-state index in [9.17, 15) is 0 Å². The van der Waals surface area contributed by atoms with Gasteiger partial charge in [0, 0.05) is 18.2 Å². The molecule has 0 spiro atoms. The maximum atomic E-state index is 4.33. The molecule has 1 aliphatic heterocycles. The fourth-order valence-electron chi connectivity index (χ4n) is 1.38. The zero-order valence-electron chi connectivity index (χ0n) is 7.44. The molecule has 0 amide bonds. The van der Waals surface area contributed by atoms with E-state index in [-0.39, 0.29) is 0 Å². The molecule has 0 bridgehead atoms. The normalized spacial score (nSPS) is 21.4. The van der Waals surface area contributed by atoms with Crippen LogP contribution < -0.4 is 0 Å². The van der Waals surface area contributed by atoms with E-state index in [1.807, 2.05) is 17.0 Å². The first-order chi connectivity index (χ1) is 5.77. The van der Waals surface area contributed by atoms with Crippen LogP contribution in [0.2, 0.25) is 0 Å². The molecule has 0 saturated carbocycles. The van der Waals surface area contributed by atoms with Crippen LogP contribution in [0.25, 0.3) is 0 Å². The molecule has 64 valence electrons. The van der Waals surface area contributed by atoms with Crippen LogP contribution in [0.15, 0.2) is 17.3 Å². The molecule has 3 heteroatoms. The molecule has 0 aliphatic carbocycles. The van der Waals surface area contributed by atoms with Crippen molar-refractivity contribution in [2.24, 2.45) is 16.8 Å². The maximum absolute atomic E-state index is 4.33. The predicted molar refractivity (Wildman–Crippen MR) is 48.7 cm³/mol. The van der Waals surface area contributed by atoms with Gasteiger partial charge < -0.3 is 0 Å². The van der Waals surface area contributed by atoms with Crippen LogP contribution in [0.4, 0.5) is 5.82 Å². The number of aliphatic imine (C=N–C) groups is 1. The van der Waals surface area contributed by atoms with Crippen LogP contribution in [0.5, 0.6) is 0 Å². The SMILES string of the molecule is CC(C)[C@H]1C=Nc2ccnn2C1. The van der Waals surface area contributed by atoms with E-state index in [0.29, 0.717) is 11.8 Å². The lowest BCUT2D eigenvalue weighted by Crippen LogP contribution is -2.21. The summed E-state index contributed by atoms with van der Waals surface area (Å²) in [6, 6.07) is 1.94. The minimum Gasteiger partial charge on any atom is -0.247 e. The smallest absolute Gasteiger partial charge is 0.149 e. The van der Waals surface area contributed by atoms with Crippen molar-refractivity contribution in [1.82, 2.24) is 9.78 Å². The molecule has 0 radical (unpaired) electrons. The van der Waals surface area contributed by atoms with E-state index >= 15 is 0 Å². The fourth-order valence-corrected chi connectivity index (χ4v) is 1.38. The maximum Gasteiger partial charge on any atom is 0.149 e. The molecule has 1 atom stereocenters. The van der Waals surface area contributed by atoms with Gasteiger partial charge in [-0.25, -0.2) is 9.67 Å². The second-order valence-electron chi connectivity index (χ2n) is 3.56. The van der Waals surface area contributed by atoms with Crippen molar-refractivity contribution in [3.8, 4) is 0 Å². The van der Waals surface area contributed by atoms with Gasteiger partial charge >= 0.3 is 0 Å². The van der Waals surface area contributed by atoms with E-state index in [1.165, 1.54) is 0 Å². The average molecular weight is 163 g/mol. The predicted octanol–water partition coefficient (Wildman–Crippen LogP) is 1.87. The molecule has 2 rings (SSSR count). The second kappa shape index (κ2) is 2.73. The highest BCUT2D eigenvalue weighted by molar-refractivity contribution is 5.66. The zero-order chi connectivity index (χ0) is 8.55. The van der Waals surface area contributed by atoms with Crippen molar-refractivity contribution < 1.29 is 0 Å². The lowest BCUT2D eigenvalue weighted by molar-refractivity contribution is 0.410. The zero-order valence-corrected chi connectivity index (χ0v) is 7.44. The first-order valence-electron chi connectivity index (χ1n) is 4.33. The van der Waals surface area contributed by atoms with E-state index < -0.39 is 0 Å². The lowest BCUT2D eigenvalue weighted by Gasteiger charge is -2.20. The van der Waals surface area contributed by atoms with Crippen LogP contribution in [-0.4, -0.2) is 16.0 Å². The molecule has 1 aromatic rings. The quantitative estimate of drug-likeness (QED) is 0.621. The summed E-state index contributed by atoms with van der Waals surface area (Å²) in [5, 5.41) is 4.19. The summed E-state index contributed by atoms with van der Waals surface area (Å²) in [6.45, 7) is 5.40. The largest absolute Gasteiger partial charge is 0.247 e. The Morgan fingerprint density at radius 3 is 3.17 bits per heavy atom. The molecule has 2 heterocycles. The van der Waals surface area contributed by atoms with Crippen molar-refractivity contribution in [2.75, 3.05) is 0 Å². The summed E-state index contributed by atoms with van der Waals surface area (Å²) in [7, 11) is 0. The highest BCUT2D eigenvalue weighted by atomic mass is 15.3. The van der Waals surface area contributed by atoms with Gasteiger partial charge in [-0.05, 0) is 5.92 Å². The highest BCUT2D eigenvalue weighted by Gasteiger charge is 2.17. The highest BCUT2D eigenvalue weighted by Crippen LogP contribution is 2.21. The van der Waals surface area contributed by atoms with Gasteiger partial charge in [0.25, 0.3) is 0 Å². The number of hydrogen-bond acceptors (Lipinski definition) is 2. The van der Waals surface area contributed by atoms with Crippen LogP contribution >= 0.6 is 0 Å². The summed E-state index contributed by atoms with van der Waals surface area (Å²) in [4.78, 5) is 4.33. The summed E-state index contributed by atoms with van der Waals surface area (Å²) in [5.41, 5.74) is 0. The molecule has 0 fully saturated rings. The van der Waals surface area contributed by atoms with Gasteiger partial charge in [-0.1, -0.05) is 13.8 Å². The first kappa shape index (κ1) is 7.53. The molecule has 3 nitrogen and oxygen atoms in total. The molecule has 12 heavy (non-hydrogen) atoms. The van der Waals surface area contributed by atoms with Crippen LogP contribution in [0.1, 0.15) is 13.8 Å². The third-order valence-electron chi connectivity index (χ3n) is 2.33. The summed E-state index contributed by atoms with van der Waals surface area (Å²) in [6.07, 6.45) is 3.84. The third-order valence-corrected chi connectivity index (χ3v) is 2.33. The molecule has 0 N–H and O–H groups in total. The molecule has 1 aromatic heterocycles. The minimum absolute atomic E-state index is 0.539. The van der Waals surface area contributed by atoms with E-state index in [4.69, 9.17) is 0 Å². The Hall–Kier alpha value is -1.12. The Labute approximate surface area is 72.1 Å². The van der Waals surface area contributed by atoms with E-state index in [2.05, 4.69) is 23.9 Å². The molecule has 0 aromatic carbocycles. The summed E-state index contributed by atoms with van der Waals surface area (Å²) in [5.74, 6) is 2.16. The van der Waals surface area contributed by atoms with E-state index in [1.54, 1.807) is 6.20 Å². The molecule has 0 saturated heterocycles. The second-order valence-corrected chi connectivity index (χ2v) is 3.56. The number of hydrogen-bond donors (Lipinski definition) is 0. The molecular formula is C9H13N3. The number of aromatic nitrogens is 2. The fraction of sp³-hybridized carbons (Fsp3) is 0.556. The van der Waals surface area contributed by atoms with Crippen molar-refractivity contribution in [3.63, 3.8) is 0 Å². The van der Waals surface area contributed by atoms with Gasteiger partial charge in [0.15, 0.2) is 0 Å².